The molecule has 2 aromatic rings. The molecule has 1 heterocycles. The van der Waals surface area contributed by atoms with Gasteiger partial charge < -0.3 is 4.74 Å². The largest absolute Gasteiger partial charge is 0.491 e. The molecule has 5 nitrogen and oxygen atoms in total. The van der Waals surface area contributed by atoms with E-state index in [0.717, 1.165) is 6.42 Å². The third-order valence-corrected chi connectivity index (χ3v) is 3.25. The van der Waals surface area contributed by atoms with Crippen LogP contribution in [-0.4, -0.2) is 28.6 Å². The van der Waals surface area contributed by atoms with Crippen molar-refractivity contribution in [3.8, 4) is 5.75 Å². The number of hydrogen-bond acceptors (Lipinski definition) is 3. The zero-order chi connectivity index (χ0) is 15.2. The van der Waals surface area contributed by atoms with Gasteiger partial charge in [0.2, 0.25) is 5.91 Å². The van der Waals surface area contributed by atoms with Crippen LogP contribution in [0.2, 0.25) is 5.02 Å². The highest BCUT2D eigenvalue weighted by Gasteiger charge is 2.25. The first kappa shape index (κ1) is 15.7. The lowest BCUT2D eigenvalue weighted by molar-refractivity contribution is -0.115. The van der Waals surface area contributed by atoms with Crippen LogP contribution in [0.3, 0.4) is 0 Å². The highest BCUT2D eigenvalue weighted by Crippen LogP contribution is 2.39. The Hall–Kier alpha value is -1.72. The van der Waals surface area contributed by atoms with E-state index in [1.165, 1.54) is 4.90 Å². The molecule has 0 aliphatic rings. The van der Waals surface area contributed by atoms with Crippen molar-refractivity contribution in [2.24, 2.45) is 0 Å². The quantitative estimate of drug-likeness (QED) is 0.822. The number of aromatic nitrogens is 2. The number of aromatic amines is 1. The summed E-state index contributed by atoms with van der Waals surface area (Å²) in [7, 11) is 0. The average Bonchev–Trinajstić information content (AvgIpc) is 3.01. The number of carbonyl (C=O) groups excluding carboxylic acids is 1. The van der Waals surface area contributed by atoms with Crippen LogP contribution in [-0.2, 0) is 4.79 Å². The number of ether oxygens (including phenoxy) is 1. The number of hydrogen-bond donors (Lipinski definition) is 1. The molecule has 0 radical (unpaired) electrons. The minimum atomic E-state index is -0.335. The molecule has 7 heteroatoms. The second kappa shape index (κ2) is 7.33. The fourth-order valence-electron chi connectivity index (χ4n) is 1.84. The van der Waals surface area contributed by atoms with Gasteiger partial charge in [0.1, 0.15) is 17.3 Å². The Morgan fingerprint density at radius 3 is 2.86 bits per heavy atom. The van der Waals surface area contributed by atoms with Crippen molar-refractivity contribution in [2.45, 2.75) is 13.3 Å². The van der Waals surface area contributed by atoms with Gasteiger partial charge in [0.25, 0.3) is 0 Å². The van der Waals surface area contributed by atoms with Crippen molar-refractivity contribution in [3.05, 3.63) is 35.5 Å². The summed E-state index contributed by atoms with van der Waals surface area (Å²) in [5, 5.41) is 7.10. The molecule has 0 unspecified atom stereocenters. The predicted octanol–water partition coefficient (Wildman–Crippen LogP) is 3.76. The van der Waals surface area contributed by atoms with Gasteiger partial charge in [0.15, 0.2) is 5.82 Å². The molecule has 2 rings (SSSR count). The van der Waals surface area contributed by atoms with Crippen LogP contribution in [0.1, 0.15) is 13.3 Å². The van der Waals surface area contributed by atoms with Gasteiger partial charge in [-0.25, -0.2) is 0 Å². The first-order chi connectivity index (χ1) is 10.2. The number of benzene rings is 1. The molecule has 1 N–H and O–H groups in total. The molecule has 0 spiro atoms. The summed E-state index contributed by atoms with van der Waals surface area (Å²) in [6.07, 6.45) is 2.46. The molecule has 0 aliphatic carbocycles. The van der Waals surface area contributed by atoms with Crippen molar-refractivity contribution < 1.29 is 9.53 Å². The Labute approximate surface area is 132 Å². The number of amides is 1. The Bertz CT molecular complexity index is 602. The molecule has 0 fully saturated rings. The first-order valence-corrected chi connectivity index (χ1v) is 7.40. The SMILES string of the molecule is CCCOc1cccc(Cl)c1N(C(=O)CCl)c1cc[nH]n1. The first-order valence-electron chi connectivity index (χ1n) is 6.49. The number of para-hydroxylation sites is 1. The summed E-state index contributed by atoms with van der Waals surface area (Å²) in [6, 6.07) is 6.89. The van der Waals surface area contributed by atoms with E-state index in [0.29, 0.717) is 28.9 Å². The normalized spacial score (nSPS) is 10.4. The topological polar surface area (TPSA) is 58.2 Å². The number of H-pyrrole nitrogens is 1. The maximum atomic E-state index is 12.2. The Balaban J connectivity index is 2.51. The van der Waals surface area contributed by atoms with Crippen LogP contribution in [0.15, 0.2) is 30.5 Å². The summed E-state index contributed by atoms with van der Waals surface area (Å²) in [5.74, 6) is 0.407. The van der Waals surface area contributed by atoms with Crippen LogP contribution in [0.4, 0.5) is 11.5 Å². The number of alkyl halides is 1. The maximum absolute atomic E-state index is 12.2. The molecular formula is C14H15Cl2N3O2. The van der Waals surface area contributed by atoms with Crippen molar-refractivity contribution in [2.75, 3.05) is 17.4 Å². The van der Waals surface area contributed by atoms with Gasteiger partial charge in [-0.05, 0) is 18.6 Å². The number of rotatable bonds is 6. The second-order valence-electron chi connectivity index (χ2n) is 4.23. The van der Waals surface area contributed by atoms with E-state index >= 15 is 0 Å². The average molecular weight is 328 g/mol. The van der Waals surface area contributed by atoms with Gasteiger partial charge in [-0.15, -0.1) is 11.6 Å². The molecule has 1 aromatic carbocycles. The monoisotopic (exact) mass is 327 g/mol. The molecular weight excluding hydrogens is 313 g/mol. The van der Waals surface area contributed by atoms with E-state index in [2.05, 4.69) is 10.2 Å². The predicted molar refractivity (Wildman–Crippen MR) is 83.7 cm³/mol. The minimum absolute atomic E-state index is 0.189. The number of halogens is 2. The summed E-state index contributed by atoms with van der Waals surface area (Å²) < 4.78 is 5.68. The van der Waals surface area contributed by atoms with E-state index < -0.39 is 0 Å². The van der Waals surface area contributed by atoms with Crippen LogP contribution in [0.25, 0.3) is 0 Å². The third-order valence-electron chi connectivity index (χ3n) is 2.71. The fourth-order valence-corrected chi connectivity index (χ4v) is 2.21. The van der Waals surface area contributed by atoms with Crippen LogP contribution in [0, 0.1) is 0 Å². The van der Waals surface area contributed by atoms with E-state index in [9.17, 15) is 4.79 Å². The van der Waals surface area contributed by atoms with Crippen molar-refractivity contribution in [3.63, 3.8) is 0 Å². The van der Waals surface area contributed by atoms with Crippen molar-refractivity contribution in [1.29, 1.82) is 0 Å². The van der Waals surface area contributed by atoms with Crippen LogP contribution in [0.5, 0.6) is 5.75 Å². The van der Waals surface area contributed by atoms with Crippen molar-refractivity contribution in [1.82, 2.24) is 10.2 Å². The summed E-state index contributed by atoms with van der Waals surface area (Å²) >= 11 is 12.0. The number of nitrogens with one attached hydrogen (secondary N) is 1. The molecule has 21 heavy (non-hydrogen) atoms. The summed E-state index contributed by atoms with van der Waals surface area (Å²) in [6.45, 7) is 2.52. The van der Waals surface area contributed by atoms with Gasteiger partial charge in [-0.2, -0.15) is 5.10 Å². The molecule has 1 aromatic heterocycles. The minimum Gasteiger partial charge on any atom is -0.491 e. The van der Waals surface area contributed by atoms with Crippen LogP contribution >= 0.6 is 23.2 Å². The lowest BCUT2D eigenvalue weighted by Gasteiger charge is -2.23. The lowest BCUT2D eigenvalue weighted by Crippen LogP contribution is -2.28. The smallest absolute Gasteiger partial charge is 0.247 e. The molecule has 0 atom stereocenters. The number of nitrogens with zero attached hydrogens (tertiary/aromatic N) is 2. The van der Waals surface area contributed by atoms with E-state index in [4.69, 9.17) is 27.9 Å². The van der Waals surface area contributed by atoms with Gasteiger partial charge in [0, 0.05) is 12.3 Å². The number of anilines is 2. The molecule has 0 saturated heterocycles. The van der Waals surface area contributed by atoms with Gasteiger partial charge in [-0.3, -0.25) is 14.8 Å². The van der Waals surface area contributed by atoms with E-state index in [1.54, 1.807) is 30.5 Å². The van der Waals surface area contributed by atoms with E-state index in [-0.39, 0.29) is 11.8 Å². The second-order valence-corrected chi connectivity index (χ2v) is 4.90. The Kier molecular flexibility index (Phi) is 5.47. The fraction of sp³-hybridized carbons (Fsp3) is 0.286. The summed E-state index contributed by atoms with van der Waals surface area (Å²) in [4.78, 5) is 13.6. The van der Waals surface area contributed by atoms with E-state index in [1.807, 2.05) is 6.92 Å². The maximum Gasteiger partial charge on any atom is 0.247 e. The zero-order valence-corrected chi connectivity index (χ0v) is 13.0. The zero-order valence-electron chi connectivity index (χ0n) is 11.5. The molecule has 0 saturated carbocycles. The molecule has 0 aliphatic heterocycles. The summed E-state index contributed by atoms with van der Waals surface area (Å²) in [5.41, 5.74) is 0.449. The van der Waals surface area contributed by atoms with Gasteiger partial charge in [-0.1, -0.05) is 24.6 Å². The Morgan fingerprint density at radius 2 is 2.24 bits per heavy atom. The highest BCUT2D eigenvalue weighted by molar-refractivity contribution is 6.36. The number of carbonyl (C=O) groups is 1. The molecule has 0 bridgehead atoms. The molecule has 112 valence electrons. The standard InChI is InChI=1S/C14H15Cl2N3O2/c1-2-8-21-11-5-3-4-10(16)14(11)19(13(20)9-15)12-6-7-17-18-12/h3-7H,2,8-9H2,1H3,(H,17,18). The van der Waals surface area contributed by atoms with Gasteiger partial charge >= 0.3 is 0 Å². The van der Waals surface area contributed by atoms with Crippen molar-refractivity contribution >= 4 is 40.6 Å². The molecule has 1 amide bonds. The lowest BCUT2D eigenvalue weighted by atomic mass is 10.2. The van der Waals surface area contributed by atoms with Crippen LogP contribution < -0.4 is 9.64 Å². The third kappa shape index (κ3) is 3.49. The van der Waals surface area contributed by atoms with Gasteiger partial charge in [0.05, 0.1) is 11.6 Å². The Morgan fingerprint density at radius 1 is 1.43 bits per heavy atom. The highest BCUT2D eigenvalue weighted by atomic mass is 35.5.